The van der Waals surface area contributed by atoms with Crippen molar-refractivity contribution in [2.24, 2.45) is 0 Å². The normalized spacial score (nSPS) is 28.4. The van der Waals surface area contributed by atoms with Gasteiger partial charge in [-0.15, -0.1) is 0 Å². The summed E-state index contributed by atoms with van der Waals surface area (Å²) in [5, 5.41) is 22.0. The minimum atomic E-state index is -0.687. The number of nitrogens with one attached hydrogen (secondary N) is 1. The SMILES string of the molecule is COC(=O)C1(NC(C)C)CCCC(SCC(O)CO)C1. The van der Waals surface area contributed by atoms with Crippen LogP contribution < -0.4 is 5.32 Å². The summed E-state index contributed by atoms with van der Waals surface area (Å²) in [6, 6.07) is 0.209. The van der Waals surface area contributed by atoms with Crippen LogP contribution in [0.3, 0.4) is 0 Å². The van der Waals surface area contributed by atoms with Crippen molar-refractivity contribution >= 4 is 17.7 Å². The number of aliphatic hydroxyl groups excluding tert-OH is 2. The van der Waals surface area contributed by atoms with Crippen molar-refractivity contribution in [1.82, 2.24) is 5.32 Å². The molecule has 3 N–H and O–H groups in total. The first kappa shape index (κ1) is 17.8. The fourth-order valence-corrected chi connectivity index (χ4v) is 4.13. The molecule has 0 bridgehead atoms. The van der Waals surface area contributed by atoms with Gasteiger partial charge in [0.1, 0.15) is 5.54 Å². The van der Waals surface area contributed by atoms with E-state index in [1.807, 2.05) is 13.8 Å². The number of thioether (sulfide) groups is 1. The topological polar surface area (TPSA) is 78.8 Å². The zero-order chi connectivity index (χ0) is 15.2. The van der Waals surface area contributed by atoms with Gasteiger partial charge in [0.25, 0.3) is 0 Å². The number of carbonyl (C=O) groups is 1. The van der Waals surface area contributed by atoms with Crippen LogP contribution in [0, 0.1) is 0 Å². The number of ether oxygens (including phenoxy) is 1. The molecule has 0 radical (unpaired) electrons. The van der Waals surface area contributed by atoms with Gasteiger partial charge in [-0.05, 0) is 39.5 Å². The number of hydrogen-bond acceptors (Lipinski definition) is 6. The zero-order valence-corrected chi connectivity index (χ0v) is 13.4. The first-order chi connectivity index (χ1) is 9.43. The van der Waals surface area contributed by atoms with Gasteiger partial charge in [-0.2, -0.15) is 11.8 Å². The second-order valence-corrected chi connectivity index (χ2v) is 7.09. The van der Waals surface area contributed by atoms with Gasteiger partial charge in [-0.25, -0.2) is 0 Å². The molecular weight excluding hydrogens is 278 g/mol. The summed E-state index contributed by atoms with van der Waals surface area (Å²) in [5.41, 5.74) is -0.608. The second-order valence-electron chi connectivity index (χ2n) is 5.76. The monoisotopic (exact) mass is 305 g/mol. The molecule has 0 aromatic rings. The summed E-state index contributed by atoms with van der Waals surface area (Å²) in [6.45, 7) is 3.83. The zero-order valence-electron chi connectivity index (χ0n) is 12.6. The van der Waals surface area contributed by atoms with Crippen molar-refractivity contribution in [3.8, 4) is 0 Å². The van der Waals surface area contributed by atoms with Gasteiger partial charge in [-0.3, -0.25) is 10.1 Å². The predicted molar refractivity (Wildman–Crippen MR) is 80.8 cm³/mol. The molecule has 1 rings (SSSR count). The minimum absolute atomic E-state index is 0.195. The van der Waals surface area contributed by atoms with E-state index < -0.39 is 11.6 Å². The van der Waals surface area contributed by atoms with Gasteiger partial charge in [0.15, 0.2) is 0 Å². The fraction of sp³-hybridized carbons (Fsp3) is 0.929. The molecule has 118 valence electrons. The van der Waals surface area contributed by atoms with E-state index in [1.54, 1.807) is 11.8 Å². The Morgan fingerprint density at radius 1 is 1.55 bits per heavy atom. The Hall–Kier alpha value is -0.300. The Morgan fingerprint density at radius 2 is 2.25 bits per heavy atom. The van der Waals surface area contributed by atoms with Gasteiger partial charge < -0.3 is 14.9 Å². The van der Waals surface area contributed by atoms with Crippen molar-refractivity contribution in [3.05, 3.63) is 0 Å². The lowest BCUT2D eigenvalue weighted by Crippen LogP contribution is -2.58. The largest absolute Gasteiger partial charge is 0.468 e. The maximum absolute atomic E-state index is 12.2. The number of methoxy groups -OCH3 is 1. The summed E-state index contributed by atoms with van der Waals surface area (Å²) in [6.07, 6.45) is 2.80. The van der Waals surface area contributed by atoms with E-state index in [0.29, 0.717) is 17.4 Å². The lowest BCUT2D eigenvalue weighted by atomic mass is 9.81. The van der Waals surface area contributed by atoms with Crippen LogP contribution in [0.1, 0.15) is 39.5 Å². The maximum atomic E-state index is 12.2. The highest BCUT2D eigenvalue weighted by atomic mass is 32.2. The molecule has 1 saturated carbocycles. The first-order valence-corrected chi connectivity index (χ1v) is 8.25. The smallest absolute Gasteiger partial charge is 0.326 e. The van der Waals surface area contributed by atoms with Crippen LogP contribution >= 0.6 is 11.8 Å². The van der Waals surface area contributed by atoms with E-state index in [9.17, 15) is 9.90 Å². The van der Waals surface area contributed by atoms with Crippen molar-refractivity contribution < 1.29 is 19.7 Å². The molecule has 20 heavy (non-hydrogen) atoms. The third kappa shape index (κ3) is 4.91. The van der Waals surface area contributed by atoms with Crippen LogP contribution in [0.4, 0.5) is 0 Å². The third-order valence-electron chi connectivity index (χ3n) is 3.58. The minimum Gasteiger partial charge on any atom is -0.468 e. The van der Waals surface area contributed by atoms with Crippen LogP contribution in [0.5, 0.6) is 0 Å². The molecule has 0 heterocycles. The molecule has 0 aromatic heterocycles. The van der Waals surface area contributed by atoms with Gasteiger partial charge >= 0.3 is 5.97 Å². The number of rotatable bonds is 7. The first-order valence-electron chi connectivity index (χ1n) is 7.20. The number of carbonyl (C=O) groups excluding carboxylic acids is 1. The third-order valence-corrected chi connectivity index (χ3v) is 5.03. The Morgan fingerprint density at radius 3 is 2.80 bits per heavy atom. The number of aliphatic hydroxyl groups is 2. The van der Waals surface area contributed by atoms with Crippen LogP contribution in [0.15, 0.2) is 0 Å². The predicted octanol–water partition coefficient (Wildman–Crippen LogP) is 0.925. The highest BCUT2D eigenvalue weighted by molar-refractivity contribution is 7.99. The molecule has 0 spiro atoms. The molecule has 0 aliphatic heterocycles. The Balaban J connectivity index is 2.68. The van der Waals surface area contributed by atoms with Gasteiger partial charge in [0, 0.05) is 17.0 Å². The van der Waals surface area contributed by atoms with Gasteiger partial charge in [0.2, 0.25) is 0 Å². The molecule has 3 atom stereocenters. The molecule has 1 aliphatic rings. The molecule has 0 saturated heterocycles. The molecular formula is C14H27NO4S. The van der Waals surface area contributed by atoms with E-state index >= 15 is 0 Å². The molecule has 3 unspecified atom stereocenters. The summed E-state index contributed by atoms with van der Waals surface area (Å²) in [4.78, 5) is 12.2. The van der Waals surface area contributed by atoms with E-state index in [-0.39, 0.29) is 18.6 Å². The number of esters is 1. The fourth-order valence-electron chi connectivity index (χ4n) is 2.79. The van der Waals surface area contributed by atoms with Crippen molar-refractivity contribution in [1.29, 1.82) is 0 Å². The molecule has 1 aliphatic carbocycles. The molecule has 5 nitrogen and oxygen atoms in total. The van der Waals surface area contributed by atoms with Crippen LogP contribution in [-0.2, 0) is 9.53 Å². The highest BCUT2D eigenvalue weighted by Crippen LogP contribution is 2.36. The van der Waals surface area contributed by atoms with E-state index in [4.69, 9.17) is 9.84 Å². The quantitative estimate of drug-likeness (QED) is 0.607. The van der Waals surface area contributed by atoms with E-state index in [1.165, 1.54) is 7.11 Å². The van der Waals surface area contributed by atoms with Crippen molar-refractivity contribution in [2.45, 2.75) is 62.5 Å². The summed E-state index contributed by atoms with van der Waals surface area (Å²) in [7, 11) is 1.43. The Bertz CT molecular complexity index is 314. The average molecular weight is 305 g/mol. The standard InChI is InChI=1S/C14H27NO4S/c1-10(2)15-14(13(18)19-3)6-4-5-12(7-14)20-9-11(17)8-16/h10-12,15-17H,4-9H2,1-3H3. The lowest BCUT2D eigenvalue weighted by Gasteiger charge is -2.40. The highest BCUT2D eigenvalue weighted by Gasteiger charge is 2.44. The van der Waals surface area contributed by atoms with Crippen molar-refractivity contribution in [2.75, 3.05) is 19.5 Å². The van der Waals surface area contributed by atoms with E-state index in [0.717, 1.165) is 19.3 Å². The maximum Gasteiger partial charge on any atom is 0.326 e. The average Bonchev–Trinajstić information content (AvgIpc) is 2.43. The van der Waals surface area contributed by atoms with Crippen LogP contribution in [0.2, 0.25) is 0 Å². The summed E-state index contributed by atoms with van der Waals surface area (Å²) in [5.74, 6) is 0.305. The molecule has 6 heteroatoms. The van der Waals surface area contributed by atoms with Crippen LogP contribution in [-0.4, -0.2) is 58.6 Å². The Kier molecular flexibility index (Phi) is 7.29. The van der Waals surface area contributed by atoms with Gasteiger partial charge in [0.05, 0.1) is 19.8 Å². The Labute approximate surface area is 125 Å². The summed E-state index contributed by atoms with van der Waals surface area (Å²) >= 11 is 1.63. The molecule has 0 amide bonds. The number of hydrogen-bond donors (Lipinski definition) is 3. The van der Waals surface area contributed by atoms with Crippen molar-refractivity contribution in [3.63, 3.8) is 0 Å². The summed E-state index contributed by atoms with van der Waals surface area (Å²) < 4.78 is 4.99. The van der Waals surface area contributed by atoms with E-state index in [2.05, 4.69) is 5.32 Å². The molecule has 0 aromatic carbocycles. The lowest BCUT2D eigenvalue weighted by molar-refractivity contribution is -0.150. The van der Waals surface area contributed by atoms with Gasteiger partial charge in [-0.1, -0.05) is 0 Å². The molecule has 1 fully saturated rings. The second kappa shape index (κ2) is 8.22. The van der Waals surface area contributed by atoms with Crippen LogP contribution in [0.25, 0.3) is 0 Å².